The molecule has 0 aromatic rings. The van der Waals surface area contributed by atoms with Crippen LogP contribution < -0.4 is 0 Å². The van der Waals surface area contributed by atoms with E-state index in [4.69, 9.17) is 9.47 Å². The number of ketones is 1. The number of hydrogen-bond donors (Lipinski definition) is 1. The smallest absolute Gasteiger partial charge is 0.330 e. The average molecular weight is 585 g/mol. The van der Waals surface area contributed by atoms with Crippen molar-refractivity contribution in [2.45, 2.75) is 133 Å². The van der Waals surface area contributed by atoms with Crippen LogP contribution in [0, 0.1) is 38.9 Å². The van der Waals surface area contributed by atoms with Gasteiger partial charge < -0.3 is 14.6 Å². The first-order chi connectivity index (χ1) is 19.3. The lowest BCUT2D eigenvalue weighted by molar-refractivity contribution is -0.206. The molecule has 7 nitrogen and oxygen atoms in total. The summed E-state index contributed by atoms with van der Waals surface area (Å²) in [5, 5.41) is 9.34. The lowest BCUT2D eigenvalue weighted by Crippen LogP contribution is -2.66. The Morgan fingerprint density at radius 2 is 1.57 bits per heavy atom. The molecule has 7 heteroatoms. The van der Waals surface area contributed by atoms with Crippen LogP contribution in [-0.2, 0) is 28.7 Å². The summed E-state index contributed by atoms with van der Waals surface area (Å²) >= 11 is 0. The lowest BCUT2D eigenvalue weighted by Gasteiger charge is -2.65. The molecule has 4 aliphatic rings. The molecule has 0 bridgehead atoms. The highest BCUT2D eigenvalue weighted by atomic mass is 16.6. The molecule has 0 aromatic carbocycles. The molecule has 1 N–H and O–H groups in total. The molecular formula is C35H52O7. The van der Waals surface area contributed by atoms with Gasteiger partial charge in [-0.1, -0.05) is 60.1 Å². The first-order valence-corrected chi connectivity index (χ1v) is 15.8. The second-order valence-corrected chi connectivity index (χ2v) is 15.2. The zero-order valence-corrected chi connectivity index (χ0v) is 27.4. The zero-order valence-electron chi connectivity index (χ0n) is 27.4. The molecule has 0 aliphatic heterocycles. The van der Waals surface area contributed by atoms with Gasteiger partial charge in [0.2, 0.25) is 0 Å². The van der Waals surface area contributed by atoms with E-state index >= 15 is 0 Å². The van der Waals surface area contributed by atoms with E-state index in [1.807, 2.05) is 0 Å². The maximum absolute atomic E-state index is 13.2. The van der Waals surface area contributed by atoms with Gasteiger partial charge in [0.25, 0.3) is 0 Å². The molecule has 0 radical (unpaired) electrons. The normalized spacial score (nSPS) is 40.0. The van der Waals surface area contributed by atoms with Crippen molar-refractivity contribution in [3.05, 3.63) is 22.8 Å². The van der Waals surface area contributed by atoms with Gasteiger partial charge in [-0.05, 0) is 85.5 Å². The third-order valence-electron chi connectivity index (χ3n) is 13.2. The average Bonchev–Trinajstić information content (AvgIpc) is 3.11. The molecule has 0 heterocycles. The summed E-state index contributed by atoms with van der Waals surface area (Å²) in [5.74, 6) is -1.14. The van der Waals surface area contributed by atoms with E-state index in [-0.39, 0.29) is 33.9 Å². The van der Waals surface area contributed by atoms with Crippen LogP contribution in [0.2, 0.25) is 0 Å². The van der Waals surface area contributed by atoms with Crippen molar-refractivity contribution in [3.63, 3.8) is 0 Å². The second kappa shape index (κ2) is 10.6. The number of carboxylic acids is 1. The van der Waals surface area contributed by atoms with Crippen LogP contribution in [0.1, 0.15) is 121 Å². The summed E-state index contributed by atoms with van der Waals surface area (Å²) in [5.41, 5.74) is 0.757. The fourth-order valence-electron chi connectivity index (χ4n) is 10.3. The first-order valence-electron chi connectivity index (χ1n) is 15.8. The maximum atomic E-state index is 13.2. The van der Waals surface area contributed by atoms with E-state index in [0.717, 1.165) is 37.7 Å². The van der Waals surface area contributed by atoms with Crippen molar-refractivity contribution >= 4 is 23.7 Å². The number of esters is 2. The second-order valence-electron chi connectivity index (χ2n) is 15.2. The number of rotatable bonds is 7. The molecule has 0 saturated heterocycles. The van der Waals surface area contributed by atoms with Gasteiger partial charge in [-0.25, -0.2) is 4.79 Å². The van der Waals surface area contributed by atoms with Gasteiger partial charge in [0.1, 0.15) is 11.9 Å². The van der Waals surface area contributed by atoms with Crippen LogP contribution in [0.5, 0.6) is 0 Å². The van der Waals surface area contributed by atoms with Crippen molar-refractivity contribution in [2.75, 3.05) is 0 Å². The predicted molar refractivity (Wildman–Crippen MR) is 160 cm³/mol. The van der Waals surface area contributed by atoms with E-state index in [1.165, 1.54) is 19.4 Å². The summed E-state index contributed by atoms with van der Waals surface area (Å²) in [6.07, 6.45) is 6.54. The molecular weight excluding hydrogens is 532 g/mol. The molecule has 234 valence electrons. The minimum absolute atomic E-state index is 0.102. The molecule has 8 atom stereocenters. The van der Waals surface area contributed by atoms with Gasteiger partial charge in [-0.3, -0.25) is 14.4 Å². The Morgan fingerprint density at radius 1 is 0.952 bits per heavy atom. The molecule has 0 amide bonds. The maximum Gasteiger partial charge on any atom is 0.330 e. The minimum atomic E-state index is -0.906. The number of aliphatic carboxylic acids is 1. The fraction of sp³-hybridized carbons (Fsp3) is 0.771. The van der Waals surface area contributed by atoms with Crippen LogP contribution in [-0.4, -0.2) is 41.0 Å². The summed E-state index contributed by atoms with van der Waals surface area (Å²) in [6, 6.07) is 0. The van der Waals surface area contributed by atoms with Crippen LogP contribution in [0.4, 0.5) is 0 Å². The first kappa shape index (κ1) is 32.5. The topological polar surface area (TPSA) is 107 Å². The van der Waals surface area contributed by atoms with Gasteiger partial charge in [0.15, 0.2) is 6.10 Å². The number of hydrogen-bond acceptors (Lipinski definition) is 6. The SMILES string of the molecule is CC(=O)O[C@@H]1C2=C(CCC3C(C)(C)C(=O)CC[C@]23C)[C@]2(C)CC[C@](C)([C@H](C)CC/C=C(/C)C(=O)O)[C@@]2(C)[C@@H]1OC(C)=O. The highest BCUT2D eigenvalue weighted by Crippen LogP contribution is 2.76. The van der Waals surface area contributed by atoms with E-state index in [1.54, 1.807) is 13.0 Å². The van der Waals surface area contributed by atoms with E-state index in [9.17, 15) is 24.3 Å². The Kier molecular flexibility index (Phi) is 8.21. The third-order valence-corrected chi connectivity index (χ3v) is 13.2. The number of ether oxygens (including phenoxy) is 2. The Morgan fingerprint density at radius 3 is 2.14 bits per heavy atom. The van der Waals surface area contributed by atoms with Gasteiger partial charge in [-0.2, -0.15) is 0 Å². The Bertz CT molecular complexity index is 1240. The Balaban J connectivity index is 1.92. The minimum Gasteiger partial charge on any atom is -0.478 e. The molecule has 42 heavy (non-hydrogen) atoms. The van der Waals surface area contributed by atoms with E-state index in [2.05, 4.69) is 48.5 Å². The molecule has 4 rings (SSSR count). The van der Waals surface area contributed by atoms with Gasteiger partial charge >= 0.3 is 17.9 Å². The van der Waals surface area contributed by atoms with Crippen molar-refractivity contribution in [1.29, 1.82) is 0 Å². The van der Waals surface area contributed by atoms with Crippen molar-refractivity contribution < 1.29 is 33.8 Å². The number of allylic oxidation sites excluding steroid dienone is 2. The molecule has 0 aromatic heterocycles. The number of Topliss-reactive ketones (excluding diaryl/α,β-unsaturated/α-hetero) is 1. The molecule has 4 aliphatic carbocycles. The van der Waals surface area contributed by atoms with E-state index < -0.39 is 40.9 Å². The monoisotopic (exact) mass is 584 g/mol. The third kappa shape index (κ3) is 4.51. The van der Waals surface area contributed by atoms with Crippen LogP contribution in [0.15, 0.2) is 22.8 Å². The highest BCUT2D eigenvalue weighted by molar-refractivity contribution is 5.86. The number of carbonyl (C=O) groups excluding carboxylic acids is 3. The van der Waals surface area contributed by atoms with Gasteiger partial charge in [0, 0.05) is 36.7 Å². The van der Waals surface area contributed by atoms with Gasteiger partial charge in [-0.15, -0.1) is 0 Å². The quantitative estimate of drug-likeness (QED) is 0.191. The van der Waals surface area contributed by atoms with Crippen molar-refractivity contribution in [2.24, 2.45) is 38.9 Å². The Labute approximate surface area is 251 Å². The number of fused-ring (bicyclic) bond motifs is 4. The summed E-state index contributed by atoms with van der Waals surface area (Å²) < 4.78 is 12.6. The lowest BCUT2D eigenvalue weighted by atomic mass is 9.40. The predicted octanol–water partition coefficient (Wildman–Crippen LogP) is 7.23. The van der Waals surface area contributed by atoms with Gasteiger partial charge in [0.05, 0.1) is 0 Å². The number of carboxylic acid groups (broad SMARTS) is 1. The zero-order chi connectivity index (χ0) is 31.6. The van der Waals surface area contributed by atoms with Crippen molar-refractivity contribution in [3.8, 4) is 0 Å². The molecule has 0 spiro atoms. The summed E-state index contributed by atoms with van der Waals surface area (Å²) in [6.45, 7) is 19.9. The van der Waals surface area contributed by atoms with E-state index in [0.29, 0.717) is 24.8 Å². The number of carbonyl (C=O) groups is 4. The molecule has 2 fully saturated rings. The molecule has 2 saturated carbocycles. The summed E-state index contributed by atoms with van der Waals surface area (Å²) in [7, 11) is 0. The fourth-order valence-corrected chi connectivity index (χ4v) is 10.3. The largest absolute Gasteiger partial charge is 0.478 e. The van der Waals surface area contributed by atoms with Crippen LogP contribution in [0.3, 0.4) is 0 Å². The standard InChI is InChI=1S/C35H52O7/c1-20(30(39)40)12-11-13-21(2)33(8)18-19-34(9)24-14-15-25-31(5,6)26(38)16-17-32(25,7)27(24)28(41-22(3)36)29(35(33,34)10)42-23(4)37/h12,21,25,28-29H,11,13-19H2,1-10H3,(H,39,40)/b20-12-/t21-,25?,28-,29-,32+,33-,34+,35-/m1/s1. The highest BCUT2D eigenvalue weighted by Gasteiger charge is 2.74. The Hall–Kier alpha value is -2.44. The van der Waals surface area contributed by atoms with Crippen LogP contribution >= 0.6 is 0 Å². The summed E-state index contributed by atoms with van der Waals surface area (Å²) in [4.78, 5) is 50.2. The van der Waals surface area contributed by atoms with Crippen molar-refractivity contribution in [1.82, 2.24) is 0 Å². The molecule has 1 unspecified atom stereocenters. The van der Waals surface area contributed by atoms with Crippen LogP contribution in [0.25, 0.3) is 0 Å².